The molecule has 1 N–H and O–H groups in total. The van der Waals surface area contributed by atoms with Gasteiger partial charge in [-0.3, -0.25) is 0 Å². The summed E-state index contributed by atoms with van der Waals surface area (Å²) in [7, 11) is 0. The van der Waals surface area contributed by atoms with Crippen LogP contribution in [0.2, 0.25) is 0 Å². The first kappa shape index (κ1) is 31.4. The number of carbonyl (C=O) groups is 1. The number of fused-ring (bicyclic) bond motifs is 8. The number of thiazole rings is 1. The van der Waals surface area contributed by atoms with Crippen LogP contribution in [0.4, 0.5) is 5.82 Å². The van der Waals surface area contributed by atoms with Crippen molar-refractivity contribution in [2.45, 2.75) is 90.4 Å². The van der Waals surface area contributed by atoms with Gasteiger partial charge in [-0.25, -0.2) is 14.8 Å². The molecule has 6 heterocycles. The first-order valence-corrected chi connectivity index (χ1v) is 16.7. The van der Waals surface area contributed by atoms with Crippen molar-refractivity contribution in [1.29, 1.82) is 0 Å². The maximum absolute atomic E-state index is 12.7. The van der Waals surface area contributed by atoms with Gasteiger partial charge in [0.25, 0.3) is 0 Å². The van der Waals surface area contributed by atoms with Crippen molar-refractivity contribution in [3.05, 3.63) is 58.2 Å². The number of hydrogen-bond acceptors (Lipinski definition) is 9. The Morgan fingerprint density at radius 2 is 1.89 bits per heavy atom. The van der Waals surface area contributed by atoms with E-state index >= 15 is 0 Å². The van der Waals surface area contributed by atoms with Crippen LogP contribution in [0.1, 0.15) is 87.6 Å². The smallest absolute Gasteiger partial charge is 0.337 e. The van der Waals surface area contributed by atoms with Gasteiger partial charge < -0.3 is 24.2 Å². The van der Waals surface area contributed by atoms with Gasteiger partial charge >= 0.3 is 5.97 Å². The highest BCUT2D eigenvalue weighted by molar-refractivity contribution is 7.15. The zero-order valence-electron chi connectivity index (χ0n) is 26.8. The molecule has 1 fully saturated rings. The summed E-state index contributed by atoms with van der Waals surface area (Å²) in [5.41, 5.74) is 2.65. The van der Waals surface area contributed by atoms with Crippen LogP contribution >= 0.6 is 11.3 Å². The highest BCUT2D eigenvalue weighted by atomic mass is 32.1. The third-order valence-electron chi connectivity index (χ3n) is 8.49. The second kappa shape index (κ2) is 12.7. The fraction of sp³-hybridized carbons (Fsp3) is 0.529. The van der Waals surface area contributed by atoms with E-state index in [9.17, 15) is 9.90 Å². The fourth-order valence-corrected chi connectivity index (χ4v) is 7.01. The van der Waals surface area contributed by atoms with Crippen molar-refractivity contribution in [1.82, 2.24) is 19.6 Å². The zero-order chi connectivity index (χ0) is 31.8. The van der Waals surface area contributed by atoms with Crippen molar-refractivity contribution in [2.24, 2.45) is 0 Å². The van der Waals surface area contributed by atoms with Gasteiger partial charge in [0.15, 0.2) is 11.8 Å². The normalized spacial score (nSPS) is 18.3. The van der Waals surface area contributed by atoms with Crippen molar-refractivity contribution >= 4 is 28.8 Å². The van der Waals surface area contributed by atoms with Crippen molar-refractivity contribution in [3.63, 3.8) is 0 Å². The number of nitrogens with zero attached hydrogens (tertiary/aromatic N) is 5. The molecule has 45 heavy (non-hydrogen) atoms. The minimum Gasteiger partial charge on any atom is -0.493 e. The van der Waals surface area contributed by atoms with Gasteiger partial charge in [-0.05, 0) is 78.4 Å². The van der Waals surface area contributed by atoms with Crippen LogP contribution < -0.4 is 9.64 Å². The van der Waals surface area contributed by atoms with Crippen LogP contribution in [-0.4, -0.2) is 68.2 Å². The summed E-state index contributed by atoms with van der Waals surface area (Å²) in [6.45, 7) is 12.4. The molecule has 6 bridgehead atoms. The number of para-hydroxylation sites is 1. The quantitative estimate of drug-likeness (QED) is 0.266. The van der Waals surface area contributed by atoms with E-state index in [1.54, 1.807) is 15.9 Å². The Kier molecular flexibility index (Phi) is 8.87. The topological polar surface area (TPSA) is 111 Å². The van der Waals surface area contributed by atoms with E-state index in [4.69, 9.17) is 29.3 Å². The van der Waals surface area contributed by atoms with Crippen molar-refractivity contribution in [2.75, 3.05) is 31.2 Å². The Balaban J connectivity index is 1.46. The number of carboxylic acid groups (broad SMARTS) is 1. The lowest BCUT2D eigenvalue weighted by atomic mass is 9.92. The Labute approximate surface area is 268 Å². The molecule has 3 aliphatic rings. The van der Waals surface area contributed by atoms with Crippen molar-refractivity contribution in [3.8, 4) is 16.5 Å². The molecule has 0 amide bonds. The number of benzene rings is 1. The summed E-state index contributed by atoms with van der Waals surface area (Å²) >= 11 is 1.59. The van der Waals surface area contributed by atoms with Gasteiger partial charge in [0.1, 0.15) is 22.3 Å². The molecule has 1 atom stereocenters. The van der Waals surface area contributed by atoms with E-state index < -0.39 is 17.7 Å². The van der Waals surface area contributed by atoms with Gasteiger partial charge in [-0.15, -0.1) is 11.3 Å². The summed E-state index contributed by atoms with van der Waals surface area (Å²) in [6, 6.07) is 10.1. The molecule has 1 aromatic carbocycles. The summed E-state index contributed by atoms with van der Waals surface area (Å²) < 4.78 is 20.6. The van der Waals surface area contributed by atoms with E-state index in [0.717, 1.165) is 53.3 Å². The standard InChI is InChI=1S/C34H43N5O5S/c1-22-28(29(32(40)41)44-33(2,3)4)31-38-15-13-34(5,14-16-38)43-18-10-6-9-17-42-26-12-8-7-11-23(26)19-24-21-35-30(45-24)25-20-27(36-22)39(31)37-25/h7-8,11-12,20-21,29H,6,9-10,13-19H2,1-5H3,(H,40,41). The third-order valence-corrected chi connectivity index (χ3v) is 9.51. The number of ether oxygens (including phenoxy) is 3. The number of aromatic nitrogens is 4. The summed E-state index contributed by atoms with van der Waals surface area (Å²) in [5, 5.41) is 16.2. The summed E-state index contributed by atoms with van der Waals surface area (Å²) in [6.07, 6.45) is 5.98. The maximum Gasteiger partial charge on any atom is 0.337 e. The first-order valence-electron chi connectivity index (χ1n) is 15.9. The Morgan fingerprint density at radius 1 is 1.13 bits per heavy atom. The monoisotopic (exact) mass is 633 g/mol. The second-order valence-corrected chi connectivity index (χ2v) is 14.4. The number of aliphatic carboxylic acids is 1. The zero-order valence-corrected chi connectivity index (χ0v) is 27.7. The van der Waals surface area contributed by atoms with E-state index in [-0.39, 0.29) is 5.60 Å². The molecular formula is C34H43N5O5S. The first-order chi connectivity index (χ1) is 21.5. The third kappa shape index (κ3) is 7.00. The number of piperidine rings is 1. The summed E-state index contributed by atoms with van der Waals surface area (Å²) in [4.78, 5) is 25.7. The van der Waals surface area contributed by atoms with E-state index in [1.807, 2.05) is 58.2 Å². The lowest BCUT2D eigenvalue weighted by molar-refractivity contribution is -0.160. The maximum atomic E-state index is 12.7. The highest BCUT2D eigenvalue weighted by Gasteiger charge is 2.38. The fourth-order valence-electron chi connectivity index (χ4n) is 6.12. The number of hydrogen-bond donors (Lipinski definition) is 1. The van der Waals surface area contributed by atoms with Crippen LogP contribution in [0.15, 0.2) is 36.5 Å². The van der Waals surface area contributed by atoms with Crippen LogP contribution in [0.5, 0.6) is 5.75 Å². The Bertz CT molecular complexity index is 1670. The average molecular weight is 634 g/mol. The molecule has 11 heteroatoms. The minimum absolute atomic E-state index is 0.257. The number of aryl methyl sites for hydroxylation is 1. The molecule has 1 unspecified atom stereocenters. The molecule has 0 spiro atoms. The molecule has 0 saturated carbocycles. The van der Waals surface area contributed by atoms with Crippen molar-refractivity contribution < 1.29 is 24.1 Å². The molecule has 3 aliphatic heterocycles. The molecule has 3 aromatic heterocycles. The molecule has 1 saturated heterocycles. The Morgan fingerprint density at radius 3 is 2.64 bits per heavy atom. The SMILES string of the molecule is Cc1nc2cc3nn2c(c1C(OC(C)(C)C)C(=O)O)N1CCC(C)(CC1)OCCCCCOc1ccccc1Cc1cnc-3s1. The molecular weight excluding hydrogens is 590 g/mol. The van der Waals surface area contributed by atoms with Gasteiger partial charge in [0.2, 0.25) is 0 Å². The van der Waals surface area contributed by atoms with Gasteiger partial charge in [0, 0.05) is 49.0 Å². The van der Waals surface area contributed by atoms with Crippen LogP contribution in [-0.2, 0) is 20.7 Å². The predicted octanol–water partition coefficient (Wildman–Crippen LogP) is 6.63. The Hall–Kier alpha value is -3.54. The highest BCUT2D eigenvalue weighted by Crippen LogP contribution is 2.39. The molecule has 10 nitrogen and oxygen atoms in total. The van der Waals surface area contributed by atoms with Crippen LogP contribution in [0.3, 0.4) is 0 Å². The molecule has 7 rings (SSSR count). The summed E-state index contributed by atoms with van der Waals surface area (Å²) in [5.74, 6) is 0.554. The number of carboxylic acids is 1. The lowest BCUT2D eigenvalue weighted by Crippen LogP contribution is -2.46. The molecule has 240 valence electrons. The van der Waals surface area contributed by atoms with E-state index in [1.165, 1.54) is 0 Å². The minimum atomic E-state index is -1.21. The largest absolute Gasteiger partial charge is 0.493 e. The van der Waals surface area contributed by atoms with E-state index in [2.05, 4.69) is 17.9 Å². The van der Waals surface area contributed by atoms with Gasteiger partial charge in [0.05, 0.1) is 23.4 Å². The van der Waals surface area contributed by atoms with Gasteiger partial charge in [-0.1, -0.05) is 18.2 Å². The second-order valence-electron chi connectivity index (χ2n) is 13.3. The van der Waals surface area contributed by atoms with E-state index in [0.29, 0.717) is 61.1 Å². The molecule has 0 radical (unpaired) electrons. The number of anilines is 1. The van der Waals surface area contributed by atoms with Crippen LogP contribution in [0, 0.1) is 6.92 Å². The average Bonchev–Trinajstić information content (AvgIpc) is 3.62. The van der Waals surface area contributed by atoms with Crippen LogP contribution in [0.25, 0.3) is 16.3 Å². The molecule has 0 aliphatic carbocycles. The molecule has 4 aromatic rings. The lowest BCUT2D eigenvalue weighted by Gasteiger charge is -2.41. The number of rotatable bonds is 3. The predicted molar refractivity (Wildman–Crippen MR) is 174 cm³/mol. The van der Waals surface area contributed by atoms with Gasteiger partial charge in [-0.2, -0.15) is 9.61 Å².